The lowest BCUT2D eigenvalue weighted by atomic mass is 10.2. The Hall–Kier alpha value is -1.08. The molecular weight excluding hydrogens is 202 g/mol. The largest absolute Gasteiger partial charge is 0.338 e. The second kappa shape index (κ2) is 4.84. The summed E-state index contributed by atoms with van der Waals surface area (Å²) in [5, 5.41) is 8.74. The van der Waals surface area contributed by atoms with E-state index in [1.54, 1.807) is 6.92 Å². The van der Waals surface area contributed by atoms with Gasteiger partial charge in [-0.1, -0.05) is 0 Å². The second-order valence-corrected chi connectivity index (χ2v) is 4.83. The molecule has 1 unspecified atom stereocenters. The smallest absolute Gasteiger partial charge is 0.219 e. The first-order chi connectivity index (χ1) is 7.72. The van der Waals surface area contributed by atoms with E-state index in [-0.39, 0.29) is 5.91 Å². The van der Waals surface area contributed by atoms with E-state index in [1.165, 1.54) is 0 Å². The molecule has 1 saturated heterocycles. The molecule has 0 aromatic carbocycles. The lowest BCUT2D eigenvalue weighted by Gasteiger charge is -2.29. The summed E-state index contributed by atoms with van der Waals surface area (Å²) in [6.07, 6.45) is 4.59. The third kappa shape index (κ3) is 2.53. The van der Waals surface area contributed by atoms with Crippen LogP contribution in [0.1, 0.15) is 32.6 Å². The van der Waals surface area contributed by atoms with Gasteiger partial charge in [-0.05, 0) is 32.2 Å². The molecule has 4 heteroatoms. The number of rotatable bonds is 4. The van der Waals surface area contributed by atoms with Crippen molar-refractivity contribution in [3.63, 3.8) is 0 Å². The summed E-state index contributed by atoms with van der Waals surface area (Å²) in [6.45, 7) is 3.99. The van der Waals surface area contributed by atoms with Gasteiger partial charge in [0.25, 0.3) is 0 Å². The molecule has 2 rings (SSSR count). The maximum Gasteiger partial charge on any atom is 0.219 e. The first kappa shape index (κ1) is 11.4. The molecule has 1 saturated carbocycles. The van der Waals surface area contributed by atoms with E-state index < -0.39 is 0 Å². The topological polar surface area (TPSA) is 47.3 Å². The van der Waals surface area contributed by atoms with Crippen LogP contribution < -0.4 is 0 Å². The van der Waals surface area contributed by atoms with Gasteiger partial charge in [-0.2, -0.15) is 5.26 Å². The molecule has 88 valence electrons. The van der Waals surface area contributed by atoms with Crippen LogP contribution in [0.4, 0.5) is 0 Å². The van der Waals surface area contributed by atoms with Crippen LogP contribution in [0.3, 0.4) is 0 Å². The average molecular weight is 221 g/mol. The number of nitriles is 1. The third-order valence-electron chi connectivity index (χ3n) is 3.57. The molecule has 0 spiro atoms. The summed E-state index contributed by atoms with van der Waals surface area (Å²) in [6, 6.07) is 3.10. The Bertz CT molecular complexity index is 306. The Balaban J connectivity index is 1.91. The normalized spacial score (nSPS) is 25.4. The monoisotopic (exact) mass is 221 g/mol. The van der Waals surface area contributed by atoms with Gasteiger partial charge in [0.1, 0.15) is 0 Å². The van der Waals surface area contributed by atoms with Crippen molar-refractivity contribution in [2.24, 2.45) is 0 Å². The number of likely N-dealkylation sites (tertiary alicyclic amines) is 1. The van der Waals surface area contributed by atoms with Crippen LogP contribution in [-0.2, 0) is 4.79 Å². The predicted octanol–water partition coefficient (Wildman–Crippen LogP) is 0.985. The minimum Gasteiger partial charge on any atom is -0.338 e. The van der Waals surface area contributed by atoms with Crippen molar-refractivity contribution in [1.82, 2.24) is 9.80 Å². The van der Waals surface area contributed by atoms with Gasteiger partial charge in [0.15, 0.2) is 0 Å². The summed E-state index contributed by atoms with van der Waals surface area (Å²) < 4.78 is 0. The van der Waals surface area contributed by atoms with Crippen molar-refractivity contribution >= 4 is 5.91 Å². The van der Waals surface area contributed by atoms with Crippen molar-refractivity contribution in [3.05, 3.63) is 0 Å². The molecule has 2 aliphatic rings. The molecule has 1 aliphatic heterocycles. The average Bonchev–Trinajstić information content (AvgIpc) is 2.98. The van der Waals surface area contributed by atoms with Gasteiger partial charge in [-0.25, -0.2) is 0 Å². The lowest BCUT2D eigenvalue weighted by Crippen LogP contribution is -2.43. The maximum atomic E-state index is 11.5. The fourth-order valence-corrected chi connectivity index (χ4v) is 2.55. The predicted molar refractivity (Wildman–Crippen MR) is 60.6 cm³/mol. The molecule has 0 radical (unpaired) electrons. The molecule has 0 bridgehead atoms. The van der Waals surface area contributed by atoms with Crippen LogP contribution in [0.5, 0.6) is 0 Å². The summed E-state index contributed by atoms with van der Waals surface area (Å²) in [4.78, 5) is 15.7. The highest BCUT2D eigenvalue weighted by atomic mass is 16.2. The van der Waals surface area contributed by atoms with Crippen LogP contribution >= 0.6 is 0 Å². The molecule has 1 atom stereocenters. The minimum atomic E-state index is 0.186. The molecule has 16 heavy (non-hydrogen) atoms. The highest BCUT2D eigenvalue weighted by Gasteiger charge is 2.34. The van der Waals surface area contributed by atoms with Crippen molar-refractivity contribution in [1.29, 1.82) is 5.26 Å². The van der Waals surface area contributed by atoms with E-state index in [2.05, 4.69) is 11.0 Å². The number of nitrogens with zero attached hydrogens (tertiary/aromatic N) is 3. The van der Waals surface area contributed by atoms with Gasteiger partial charge in [0, 0.05) is 25.6 Å². The SMILES string of the molecule is CC(=O)N(CC1CCCN1CC#N)C1CC1. The molecule has 2 fully saturated rings. The van der Waals surface area contributed by atoms with Crippen LogP contribution in [-0.4, -0.2) is 47.4 Å². The third-order valence-corrected chi connectivity index (χ3v) is 3.57. The molecular formula is C12H19N3O. The van der Waals surface area contributed by atoms with Crippen molar-refractivity contribution < 1.29 is 4.79 Å². The fourth-order valence-electron chi connectivity index (χ4n) is 2.55. The molecule has 0 aromatic heterocycles. The zero-order valence-corrected chi connectivity index (χ0v) is 9.85. The molecule has 0 N–H and O–H groups in total. The van der Waals surface area contributed by atoms with Crippen LogP contribution in [0.25, 0.3) is 0 Å². The number of carbonyl (C=O) groups excluding carboxylic acids is 1. The van der Waals surface area contributed by atoms with E-state index in [1.807, 2.05) is 4.90 Å². The molecule has 1 amide bonds. The fraction of sp³-hybridized carbons (Fsp3) is 0.833. The summed E-state index contributed by atoms with van der Waals surface area (Å²) >= 11 is 0. The van der Waals surface area contributed by atoms with Crippen LogP contribution in [0.2, 0.25) is 0 Å². The molecule has 4 nitrogen and oxygen atoms in total. The zero-order valence-electron chi connectivity index (χ0n) is 9.85. The maximum absolute atomic E-state index is 11.5. The van der Waals surface area contributed by atoms with Crippen molar-refractivity contribution in [2.45, 2.75) is 44.7 Å². The molecule has 0 aromatic rings. The first-order valence-corrected chi connectivity index (χ1v) is 6.10. The van der Waals surface area contributed by atoms with E-state index in [9.17, 15) is 4.79 Å². The lowest BCUT2D eigenvalue weighted by molar-refractivity contribution is -0.130. The highest BCUT2D eigenvalue weighted by molar-refractivity contribution is 5.74. The first-order valence-electron chi connectivity index (χ1n) is 6.10. The Morgan fingerprint density at radius 3 is 2.81 bits per heavy atom. The van der Waals surface area contributed by atoms with E-state index >= 15 is 0 Å². The number of hydrogen-bond donors (Lipinski definition) is 0. The van der Waals surface area contributed by atoms with Gasteiger partial charge in [-0.3, -0.25) is 9.69 Å². The van der Waals surface area contributed by atoms with E-state index in [0.29, 0.717) is 18.6 Å². The Labute approximate surface area is 96.8 Å². The Morgan fingerprint density at radius 2 is 2.25 bits per heavy atom. The van der Waals surface area contributed by atoms with Crippen LogP contribution in [0.15, 0.2) is 0 Å². The van der Waals surface area contributed by atoms with E-state index in [4.69, 9.17) is 5.26 Å². The summed E-state index contributed by atoms with van der Waals surface area (Å²) in [7, 11) is 0. The molecule has 1 heterocycles. The Morgan fingerprint density at radius 1 is 1.50 bits per heavy atom. The number of carbonyl (C=O) groups is 1. The highest BCUT2D eigenvalue weighted by Crippen LogP contribution is 2.29. The zero-order chi connectivity index (χ0) is 11.5. The van der Waals surface area contributed by atoms with Crippen LogP contribution in [0, 0.1) is 11.3 Å². The van der Waals surface area contributed by atoms with E-state index in [0.717, 1.165) is 38.8 Å². The van der Waals surface area contributed by atoms with Crippen molar-refractivity contribution in [3.8, 4) is 6.07 Å². The Kier molecular flexibility index (Phi) is 3.45. The minimum absolute atomic E-state index is 0.186. The van der Waals surface area contributed by atoms with Gasteiger partial charge in [0.2, 0.25) is 5.91 Å². The quantitative estimate of drug-likeness (QED) is 0.665. The van der Waals surface area contributed by atoms with Gasteiger partial charge in [0.05, 0.1) is 12.6 Å². The summed E-state index contributed by atoms with van der Waals surface area (Å²) in [5.74, 6) is 0.186. The second-order valence-electron chi connectivity index (χ2n) is 4.83. The number of amides is 1. The number of hydrogen-bond acceptors (Lipinski definition) is 3. The van der Waals surface area contributed by atoms with Gasteiger partial charge in [-0.15, -0.1) is 0 Å². The summed E-state index contributed by atoms with van der Waals surface area (Å²) in [5.41, 5.74) is 0. The standard InChI is InChI=1S/C12H19N3O/c1-10(16)15(11-4-5-11)9-12-3-2-7-14(12)8-6-13/h11-12H,2-5,7-9H2,1H3. The molecule has 1 aliphatic carbocycles. The van der Waals surface area contributed by atoms with Crippen molar-refractivity contribution in [2.75, 3.05) is 19.6 Å². The van der Waals surface area contributed by atoms with Gasteiger partial charge < -0.3 is 4.90 Å². The van der Waals surface area contributed by atoms with Gasteiger partial charge >= 0.3 is 0 Å².